The number of nitrogens with zero attached hydrogens (tertiary/aromatic N) is 3. The highest BCUT2D eigenvalue weighted by molar-refractivity contribution is 6.06. The molecular formula is C32H38F4N6O2. The van der Waals surface area contributed by atoms with E-state index in [-0.39, 0.29) is 30.1 Å². The van der Waals surface area contributed by atoms with Gasteiger partial charge in [0.2, 0.25) is 11.9 Å². The fourth-order valence-electron chi connectivity index (χ4n) is 6.17. The van der Waals surface area contributed by atoms with Gasteiger partial charge in [0.1, 0.15) is 17.2 Å². The van der Waals surface area contributed by atoms with Crippen molar-refractivity contribution < 1.29 is 27.5 Å². The van der Waals surface area contributed by atoms with Gasteiger partial charge in [0, 0.05) is 36.2 Å². The molecule has 12 heteroatoms. The van der Waals surface area contributed by atoms with Crippen molar-refractivity contribution in [1.29, 1.82) is 0 Å². The third-order valence-electron chi connectivity index (χ3n) is 8.43. The Morgan fingerprint density at radius 2 is 1.84 bits per heavy atom. The smallest absolute Gasteiger partial charge is 0.389 e. The highest BCUT2D eigenvalue weighted by atomic mass is 19.4. The molecule has 4 N–H and O–H groups in total. The number of β-amino-alcohol motifs (C(OH)–C–C–N with tert-alkyl or cyclic N) is 1. The second kappa shape index (κ2) is 11.6. The summed E-state index contributed by atoms with van der Waals surface area (Å²) < 4.78 is 57.3. The highest BCUT2D eigenvalue weighted by Gasteiger charge is 2.40. The van der Waals surface area contributed by atoms with Gasteiger partial charge >= 0.3 is 6.18 Å². The Morgan fingerprint density at radius 1 is 1.14 bits per heavy atom. The van der Waals surface area contributed by atoms with E-state index in [0.717, 1.165) is 25.9 Å². The lowest BCUT2D eigenvalue weighted by molar-refractivity contribution is -0.137. The van der Waals surface area contributed by atoms with E-state index >= 15 is 4.39 Å². The van der Waals surface area contributed by atoms with Gasteiger partial charge in [0.25, 0.3) is 0 Å². The topological polar surface area (TPSA) is 102 Å². The Hall–Kier alpha value is -3.77. The van der Waals surface area contributed by atoms with Crippen LogP contribution in [0.1, 0.15) is 74.3 Å². The lowest BCUT2D eigenvalue weighted by Gasteiger charge is -2.35. The van der Waals surface area contributed by atoms with Gasteiger partial charge in [-0.2, -0.15) is 18.2 Å². The van der Waals surface area contributed by atoms with E-state index in [2.05, 4.69) is 30.8 Å². The van der Waals surface area contributed by atoms with Crippen LogP contribution >= 0.6 is 0 Å². The van der Waals surface area contributed by atoms with Gasteiger partial charge in [-0.1, -0.05) is 18.2 Å². The van der Waals surface area contributed by atoms with Crippen molar-refractivity contribution in [3.63, 3.8) is 0 Å². The van der Waals surface area contributed by atoms with Crippen LogP contribution in [0.3, 0.4) is 0 Å². The molecule has 0 unspecified atom stereocenters. The molecule has 2 aromatic carbocycles. The van der Waals surface area contributed by atoms with Crippen molar-refractivity contribution in [2.24, 2.45) is 0 Å². The molecule has 0 spiro atoms. The number of hydrogen-bond donors (Lipinski definition) is 4. The Balaban J connectivity index is 1.35. The minimum absolute atomic E-state index is 0.0158. The molecule has 1 fully saturated rings. The summed E-state index contributed by atoms with van der Waals surface area (Å²) in [4.78, 5) is 22.6. The molecule has 1 amide bonds. The van der Waals surface area contributed by atoms with E-state index in [0.29, 0.717) is 46.4 Å². The van der Waals surface area contributed by atoms with E-state index < -0.39 is 28.6 Å². The largest absolute Gasteiger partial charge is 0.421 e. The third-order valence-corrected chi connectivity index (χ3v) is 8.43. The van der Waals surface area contributed by atoms with Gasteiger partial charge in [-0.25, -0.2) is 9.37 Å². The number of aromatic nitrogens is 2. The summed E-state index contributed by atoms with van der Waals surface area (Å²) in [6.45, 7) is 10.7. The van der Waals surface area contributed by atoms with E-state index in [1.54, 1.807) is 65.0 Å². The molecule has 5 rings (SSSR count). The fraction of sp³-hybridized carbons (Fsp3) is 0.469. The van der Waals surface area contributed by atoms with Crippen molar-refractivity contribution in [3.05, 3.63) is 70.2 Å². The normalized spacial score (nSPS) is 17.4. The van der Waals surface area contributed by atoms with Crippen LogP contribution in [0.25, 0.3) is 0 Å². The number of rotatable bonds is 8. The predicted molar refractivity (Wildman–Crippen MR) is 162 cm³/mol. The van der Waals surface area contributed by atoms with E-state index in [1.165, 1.54) is 0 Å². The van der Waals surface area contributed by atoms with Crippen molar-refractivity contribution >= 4 is 29.0 Å². The summed E-state index contributed by atoms with van der Waals surface area (Å²) in [5.74, 6) is -1.09. The van der Waals surface area contributed by atoms with Crippen LogP contribution in [0.2, 0.25) is 0 Å². The molecule has 2 aliphatic heterocycles. The van der Waals surface area contributed by atoms with E-state index in [9.17, 15) is 23.1 Å². The number of piperidine rings is 1. The number of nitrogens with one attached hydrogen (secondary N) is 3. The zero-order valence-corrected chi connectivity index (χ0v) is 25.5. The molecule has 0 bridgehead atoms. The van der Waals surface area contributed by atoms with Gasteiger partial charge in [0.15, 0.2) is 0 Å². The number of carbonyl (C=O) groups is 1. The first-order valence-electron chi connectivity index (χ1n) is 14.7. The molecule has 1 saturated heterocycles. The second-order valence-corrected chi connectivity index (χ2v) is 12.9. The van der Waals surface area contributed by atoms with Gasteiger partial charge in [-0.05, 0) is 95.3 Å². The average Bonchev–Trinajstić information content (AvgIpc) is 3.17. The van der Waals surface area contributed by atoms with Crippen LogP contribution in [0.5, 0.6) is 0 Å². The maximum absolute atomic E-state index is 15.6. The minimum atomic E-state index is -4.72. The monoisotopic (exact) mass is 614 g/mol. The number of fused-ring (bicyclic) bond motifs is 1. The second-order valence-electron chi connectivity index (χ2n) is 12.9. The molecule has 0 radical (unpaired) electrons. The first kappa shape index (κ1) is 31.6. The van der Waals surface area contributed by atoms with Crippen LogP contribution in [0.4, 0.5) is 40.7 Å². The van der Waals surface area contributed by atoms with E-state index in [4.69, 9.17) is 0 Å². The number of likely N-dealkylation sites (tertiary alicyclic amines) is 1. The molecule has 3 heterocycles. The predicted octanol–water partition coefficient (Wildman–Crippen LogP) is 6.48. The summed E-state index contributed by atoms with van der Waals surface area (Å²) in [6, 6.07) is 8.65. The molecule has 0 atom stereocenters. The number of amides is 1. The average molecular weight is 615 g/mol. The fourth-order valence-corrected chi connectivity index (χ4v) is 6.17. The molecule has 3 aromatic rings. The van der Waals surface area contributed by atoms with Crippen LogP contribution in [0.15, 0.2) is 36.5 Å². The Morgan fingerprint density at radius 3 is 2.50 bits per heavy atom. The van der Waals surface area contributed by atoms with Crippen LogP contribution in [0, 0.1) is 12.7 Å². The standard InChI is InChI=1S/C32H38F4N6O2/c1-18-23(10-9-21(26(18)33)19-11-13-42(14-12-19)17-30(2,3)44)40-29-38-16-22(32(34,35)36)27(41-29)37-15-20-7-6-8-24-25(20)31(4,5)28(43)39-24/h6-10,16,19,44H,11-15,17H2,1-5H3,(H,39,43)(H2,37,38,40,41). The molecule has 2 aliphatic rings. The SMILES string of the molecule is Cc1c(Nc2ncc(C(F)(F)F)c(NCc3cccc4c3C(C)(C)C(=O)N4)n2)ccc(C2CCN(CC(C)(C)O)CC2)c1F. The molecule has 0 saturated carbocycles. The van der Waals surface area contributed by atoms with Crippen molar-refractivity contribution in [3.8, 4) is 0 Å². The third kappa shape index (κ3) is 6.51. The van der Waals surface area contributed by atoms with Crippen LogP contribution in [-0.4, -0.2) is 51.1 Å². The molecule has 44 heavy (non-hydrogen) atoms. The van der Waals surface area contributed by atoms with Crippen LogP contribution < -0.4 is 16.0 Å². The number of aliphatic hydroxyl groups is 1. The number of hydrogen-bond acceptors (Lipinski definition) is 7. The minimum Gasteiger partial charge on any atom is -0.389 e. The Labute approximate surface area is 254 Å². The highest BCUT2D eigenvalue weighted by Crippen LogP contribution is 2.41. The number of alkyl halides is 3. The first-order chi connectivity index (χ1) is 20.5. The Kier molecular flexibility index (Phi) is 8.36. The number of halogens is 4. The number of anilines is 4. The number of carbonyl (C=O) groups excluding carboxylic acids is 1. The van der Waals surface area contributed by atoms with Gasteiger partial charge in [-0.3, -0.25) is 4.79 Å². The molecule has 8 nitrogen and oxygen atoms in total. The van der Waals surface area contributed by atoms with E-state index in [1.807, 2.05) is 0 Å². The van der Waals surface area contributed by atoms with Gasteiger partial charge in [-0.15, -0.1) is 0 Å². The summed E-state index contributed by atoms with van der Waals surface area (Å²) >= 11 is 0. The lowest BCUT2D eigenvalue weighted by Crippen LogP contribution is -2.42. The number of benzene rings is 2. The van der Waals surface area contributed by atoms with Gasteiger partial charge < -0.3 is 26.0 Å². The zero-order valence-electron chi connectivity index (χ0n) is 25.5. The summed E-state index contributed by atoms with van der Waals surface area (Å²) in [6.07, 6.45) is -2.52. The maximum atomic E-state index is 15.6. The Bertz CT molecular complexity index is 1560. The van der Waals surface area contributed by atoms with Crippen molar-refractivity contribution in [1.82, 2.24) is 14.9 Å². The van der Waals surface area contributed by atoms with Crippen molar-refractivity contribution in [2.75, 3.05) is 35.6 Å². The molecule has 0 aliphatic carbocycles. The van der Waals surface area contributed by atoms with Crippen molar-refractivity contribution in [2.45, 2.75) is 77.1 Å². The molecular weight excluding hydrogens is 576 g/mol. The first-order valence-corrected chi connectivity index (χ1v) is 14.7. The summed E-state index contributed by atoms with van der Waals surface area (Å²) in [7, 11) is 0. The molecule has 1 aromatic heterocycles. The summed E-state index contributed by atoms with van der Waals surface area (Å²) in [5, 5.41) is 18.6. The quantitative estimate of drug-likeness (QED) is 0.216. The maximum Gasteiger partial charge on any atom is 0.421 e. The lowest BCUT2D eigenvalue weighted by atomic mass is 9.83. The van der Waals surface area contributed by atoms with Gasteiger partial charge in [0.05, 0.1) is 11.0 Å². The summed E-state index contributed by atoms with van der Waals surface area (Å²) in [5.41, 5.74) is 0.576. The van der Waals surface area contributed by atoms with Crippen LogP contribution in [-0.2, 0) is 22.9 Å². The molecule has 236 valence electrons. The zero-order chi connectivity index (χ0) is 32.0.